The lowest BCUT2D eigenvalue weighted by molar-refractivity contribution is 0.207. The number of rotatable bonds is 5. The van der Waals surface area contributed by atoms with Gasteiger partial charge >= 0.3 is 0 Å². The van der Waals surface area contributed by atoms with Crippen molar-refractivity contribution in [1.82, 2.24) is 20.5 Å². The number of fused-ring (bicyclic) bond motifs is 2. The van der Waals surface area contributed by atoms with Crippen LogP contribution in [0.3, 0.4) is 0 Å². The molecule has 5 rings (SSSR count). The zero-order valence-electron chi connectivity index (χ0n) is 22.2. The highest BCUT2D eigenvalue weighted by Crippen LogP contribution is 2.44. The number of phenols is 1. The Bertz CT molecular complexity index is 1250. The molecule has 172 valence electrons. The maximum absolute atomic E-state index is 10.7. The molecule has 2 N–H and O–H groups in total. The summed E-state index contributed by atoms with van der Waals surface area (Å²) in [6, 6.07) is 12.7. The average molecular weight is 449 g/mol. The van der Waals surface area contributed by atoms with E-state index in [9.17, 15) is 5.11 Å². The standard InChI is InChI=1S/C26H31N5O2/c1-25-10-11-26(2,30-25)16-19(15-25)31(3)23-8-7-21(28-29-23)20-6-5-17(13-22(20)32)18-9-12-27-24(14-18)33-4/h5-9,12-14,19,30,32H,10-11,15-16H2,1-4H3/t19?,25-,26+/i4D3. The van der Waals surface area contributed by atoms with Crippen LogP contribution in [0.5, 0.6) is 11.6 Å². The first-order chi connectivity index (χ1) is 16.9. The quantitative estimate of drug-likeness (QED) is 0.598. The van der Waals surface area contributed by atoms with Gasteiger partial charge < -0.3 is 20.1 Å². The molecule has 3 aromatic rings. The molecule has 4 heterocycles. The summed E-state index contributed by atoms with van der Waals surface area (Å²) in [6.45, 7) is 4.62. The molecule has 2 aliphatic rings. The first-order valence-electron chi connectivity index (χ1n) is 12.8. The van der Waals surface area contributed by atoms with Crippen molar-refractivity contribution >= 4 is 5.82 Å². The van der Waals surface area contributed by atoms with Gasteiger partial charge in [-0.15, -0.1) is 10.2 Å². The minimum absolute atomic E-state index is 0.00798. The molecule has 0 spiro atoms. The number of benzene rings is 1. The van der Waals surface area contributed by atoms with Crippen LogP contribution in [-0.2, 0) is 0 Å². The largest absolute Gasteiger partial charge is 0.507 e. The SMILES string of the molecule is [2H]C([2H])([2H])Oc1cc(-c2ccc(-c3ccc(N(C)C4C[C@]5(C)CC[C@](C)(C4)N5)nn3)c(O)c2)ccn1. The van der Waals surface area contributed by atoms with Crippen LogP contribution in [0.4, 0.5) is 5.82 Å². The number of aromatic nitrogens is 3. The zero-order chi connectivity index (χ0) is 25.7. The lowest BCUT2D eigenvalue weighted by Crippen LogP contribution is -2.58. The van der Waals surface area contributed by atoms with E-state index in [4.69, 9.17) is 8.85 Å². The number of pyridine rings is 1. The third kappa shape index (κ3) is 4.13. The lowest BCUT2D eigenvalue weighted by atomic mass is 9.84. The van der Waals surface area contributed by atoms with E-state index < -0.39 is 7.04 Å². The molecular weight excluding hydrogens is 414 g/mol. The van der Waals surface area contributed by atoms with Crippen molar-refractivity contribution in [2.24, 2.45) is 0 Å². The van der Waals surface area contributed by atoms with E-state index in [-0.39, 0.29) is 22.7 Å². The molecule has 2 saturated heterocycles. The Morgan fingerprint density at radius 3 is 2.48 bits per heavy atom. The molecule has 0 aliphatic carbocycles. The smallest absolute Gasteiger partial charge is 0.213 e. The summed E-state index contributed by atoms with van der Waals surface area (Å²) in [5.41, 5.74) is 2.84. The molecule has 3 atom stereocenters. The van der Waals surface area contributed by atoms with E-state index in [1.165, 1.54) is 25.1 Å². The number of hydrogen-bond acceptors (Lipinski definition) is 7. The summed E-state index contributed by atoms with van der Waals surface area (Å²) in [6.07, 6.45) is 6.00. The van der Waals surface area contributed by atoms with Crippen LogP contribution in [0.25, 0.3) is 22.4 Å². The van der Waals surface area contributed by atoms with Gasteiger partial charge in [-0.25, -0.2) is 4.98 Å². The summed E-state index contributed by atoms with van der Waals surface area (Å²) in [7, 11) is -0.503. The second-order valence-electron chi connectivity index (χ2n) is 9.91. The highest BCUT2D eigenvalue weighted by molar-refractivity contribution is 5.74. The van der Waals surface area contributed by atoms with Gasteiger partial charge in [-0.3, -0.25) is 0 Å². The molecule has 1 aromatic carbocycles. The molecule has 7 nitrogen and oxygen atoms in total. The molecular formula is C26H31N5O2. The van der Waals surface area contributed by atoms with Crippen molar-refractivity contribution in [3.63, 3.8) is 0 Å². The fraction of sp³-hybridized carbons (Fsp3) is 0.423. The number of anilines is 1. The minimum Gasteiger partial charge on any atom is -0.507 e. The van der Waals surface area contributed by atoms with Gasteiger partial charge in [0, 0.05) is 42.0 Å². The molecule has 2 aliphatic heterocycles. The second kappa shape index (κ2) is 7.99. The maximum atomic E-state index is 10.7. The van der Waals surface area contributed by atoms with Crippen molar-refractivity contribution in [1.29, 1.82) is 0 Å². The van der Waals surface area contributed by atoms with Crippen LogP contribution >= 0.6 is 0 Å². The van der Waals surface area contributed by atoms with E-state index >= 15 is 0 Å². The Morgan fingerprint density at radius 1 is 1.06 bits per heavy atom. The average Bonchev–Trinajstić information content (AvgIpc) is 3.04. The van der Waals surface area contributed by atoms with Gasteiger partial charge in [-0.2, -0.15) is 0 Å². The fourth-order valence-electron chi connectivity index (χ4n) is 5.51. The molecule has 7 heteroatoms. The van der Waals surface area contributed by atoms with E-state index in [1.807, 2.05) is 18.2 Å². The van der Waals surface area contributed by atoms with Crippen molar-refractivity contribution in [2.45, 2.75) is 56.7 Å². The van der Waals surface area contributed by atoms with Crippen molar-refractivity contribution in [3.8, 4) is 34.0 Å². The number of piperidine rings is 1. The van der Waals surface area contributed by atoms with Crippen LogP contribution in [0.1, 0.15) is 43.6 Å². The Labute approximate surface area is 199 Å². The Hall–Kier alpha value is -3.19. The third-order valence-corrected chi connectivity index (χ3v) is 7.21. The van der Waals surface area contributed by atoms with Gasteiger partial charge in [0.05, 0.1) is 16.8 Å². The van der Waals surface area contributed by atoms with Crippen LogP contribution in [0, 0.1) is 0 Å². The second-order valence-corrected chi connectivity index (χ2v) is 9.91. The fourth-order valence-corrected chi connectivity index (χ4v) is 5.51. The normalized spacial score (nSPS) is 28.0. The molecule has 2 aromatic heterocycles. The highest BCUT2D eigenvalue weighted by Gasteiger charge is 2.49. The molecule has 33 heavy (non-hydrogen) atoms. The summed E-state index contributed by atoms with van der Waals surface area (Å²) >= 11 is 0. The number of ether oxygens (including phenoxy) is 1. The van der Waals surface area contributed by atoms with E-state index in [0.717, 1.165) is 18.7 Å². The molecule has 2 fully saturated rings. The van der Waals surface area contributed by atoms with Crippen LogP contribution < -0.4 is 15.0 Å². The molecule has 0 saturated carbocycles. The van der Waals surface area contributed by atoms with Gasteiger partial charge in [0.15, 0.2) is 5.82 Å². The predicted molar refractivity (Wildman–Crippen MR) is 130 cm³/mol. The number of nitrogens with one attached hydrogen (secondary N) is 1. The third-order valence-electron chi connectivity index (χ3n) is 7.21. The van der Waals surface area contributed by atoms with Crippen molar-refractivity contribution in [3.05, 3.63) is 48.7 Å². The predicted octanol–water partition coefficient (Wildman–Crippen LogP) is 4.42. The summed E-state index contributed by atoms with van der Waals surface area (Å²) in [5.74, 6) is 0.854. The molecule has 0 amide bonds. The maximum Gasteiger partial charge on any atom is 0.213 e. The molecule has 2 bridgehead atoms. The van der Waals surface area contributed by atoms with Gasteiger partial charge in [-0.05, 0) is 81.0 Å². The van der Waals surface area contributed by atoms with E-state index in [0.29, 0.717) is 28.4 Å². The van der Waals surface area contributed by atoms with Crippen molar-refractivity contribution in [2.75, 3.05) is 19.0 Å². The summed E-state index contributed by atoms with van der Waals surface area (Å²) < 4.78 is 26.6. The van der Waals surface area contributed by atoms with E-state index in [1.54, 1.807) is 18.2 Å². The number of phenolic OH excluding ortho intramolecular Hbond substituents is 1. The van der Waals surface area contributed by atoms with E-state index in [2.05, 4.69) is 46.3 Å². The Morgan fingerprint density at radius 2 is 1.82 bits per heavy atom. The number of hydrogen-bond donors (Lipinski definition) is 2. The number of methoxy groups -OCH3 is 1. The first-order valence-corrected chi connectivity index (χ1v) is 11.3. The zero-order valence-corrected chi connectivity index (χ0v) is 19.2. The van der Waals surface area contributed by atoms with Crippen LogP contribution in [0.15, 0.2) is 48.7 Å². The Balaban J connectivity index is 1.33. The number of aromatic hydroxyl groups is 1. The number of nitrogens with zero attached hydrogens (tertiary/aromatic N) is 4. The monoisotopic (exact) mass is 448 g/mol. The van der Waals surface area contributed by atoms with Crippen molar-refractivity contribution < 1.29 is 14.0 Å². The van der Waals surface area contributed by atoms with Gasteiger partial charge in [0.25, 0.3) is 0 Å². The lowest BCUT2D eigenvalue weighted by Gasteiger charge is -2.45. The van der Waals surface area contributed by atoms with Crippen LogP contribution in [0.2, 0.25) is 0 Å². The first kappa shape index (κ1) is 18.3. The molecule has 1 unspecified atom stereocenters. The molecule has 0 radical (unpaired) electrons. The minimum atomic E-state index is -2.58. The summed E-state index contributed by atoms with van der Waals surface area (Å²) in [4.78, 5) is 6.17. The highest BCUT2D eigenvalue weighted by atomic mass is 16.5. The topological polar surface area (TPSA) is 83.4 Å². The van der Waals surface area contributed by atoms with Crippen LogP contribution in [-0.4, -0.2) is 51.5 Å². The van der Waals surface area contributed by atoms with Gasteiger partial charge in [0.1, 0.15) is 5.75 Å². The summed E-state index contributed by atoms with van der Waals surface area (Å²) in [5, 5.41) is 23.5. The Kier molecular flexibility index (Phi) is 4.42. The van der Waals surface area contributed by atoms with Gasteiger partial charge in [-0.1, -0.05) is 6.07 Å². The van der Waals surface area contributed by atoms with Gasteiger partial charge in [0.2, 0.25) is 5.88 Å².